The third kappa shape index (κ3) is 3.87. The van der Waals surface area contributed by atoms with Gasteiger partial charge in [0.2, 0.25) is 0 Å². The lowest BCUT2D eigenvalue weighted by molar-refractivity contribution is 0.576. The molecule has 2 aromatic carbocycles. The molecule has 3 rings (SSSR count). The summed E-state index contributed by atoms with van der Waals surface area (Å²) in [5, 5.41) is 9.07. The van der Waals surface area contributed by atoms with E-state index in [0.29, 0.717) is 16.8 Å². The van der Waals surface area contributed by atoms with E-state index in [4.69, 9.17) is 11.0 Å². The fourth-order valence-electron chi connectivity index (χ4n) is 2.79. The highest BCUT2D eigenvalue weighted by atomic mass is 19.1. The Bertz CT molecular complexity index is 927. The number of nitriles is 1. The van der Waals surface area contributed by atoms with Crippen molar-refractivity contribution in [2.75, 3.05) is 0 Å². The summed E-state index contributed by atoms with van der Waals surface area (Å²) in [6.07, 6.45) is 1.87. The van der Waals surface area contributed by atoms with Crippen molar-refractivity contribution in [1.29, 1.82) is 5.26 Å². The Kier molecular flexibility index (Phi) is 4.82. The molecule has 0 bridgehead atoms. The lowest BCUT2D eigenvalue weighted by Gasteiger charge is -2.16. The first-order valence-electron chi connectivity index (χ1n) is 7.73. The molecule has 0 fully saturated rings. The molecule has 124 valence electrons. The third-order valence-electron chi connectivity index (χ3n) is 3.87. The van der Waals surface area contributed by atoms with Gasteiger partial charge in [-0.15, -0.1) is 0 Å². The third-order valence-corrected chi connectivity index (χ3v) is 3.87. The Labute approximate surface area is 144 Å². The maximum Gasteiger partial charge on any atom is 0.126 e. The smallest absolute Gasteiger partial charge is 0.126 e. The van der Waals surface area contributed by atoms with Gasteiger partial charge in [-0.2, -0.15) is 5.26 Å². The van der Waals surface area contributed by atoms with Crippen LogP contribution in [0.1, 0.15) is 22.9 Å². The zero-order valence-corrected chi connectivity index (χ0v) is 13.3. The lowest BCUT2D eigenvalue weighted by Crippen LogP contribution is -2.16. The molecule has 0 saturated heterocycles. The number of rotatable bonds is 4. The molecule has 3 aromatic rings. The normalized spacial score (nSPS) is 11.8. The van der Waals surface area contributed by atoms with E-state index in [2.05, 4.69) is 11.1 Å². The van der Waals surface area contributed by atoms with Gasteiger partial charge in [-0.3, -0.25) is 4.98 Å². The van der Waals surface area contributed by atoms with Crippen molar-refractivity contribution in [1.82, 2.24) is 4.98 Å². The molecule has 2 N–H and O–H groups in total. The van der Waals surface area contributed by atoms with Crippen LogP contribution in [0.2, 0.25) is 0 Å². The van der Waals surface area contributed by atoms with Crippen molar-refractivity contribution >= 4 is 0 Å². The van der Waals surface area contributed by atoms with Crippen molar-refractivity contribution in [2.24, 2.45) is 5.73 Å². The van der Waals surface area contributed by atoms with Crippen LogP contribution in [0.5, 0.6) is 0 Å². The summed E-state index contributed by atoms with van der Waals surface area (Å²) in [7, 11) is 0. The van der Waals surface area contributed by atoms with Gasteiger partial charge in [0.25, 0.3) is 0 Å². The van der Waals surface area contributed by atoms with Gasteiger partial charge in [0, 0.05) is 17.8 Å². The lowest BCUT2D eigenvalue weighted by atomic mass is 9.95. The van der Waals surface area contributed by atoms with E-state index in [-0.39, 0.29) is 6.42 Å². The van der Waals surface area contributed by atoms with Crippen LogP contribution in [0.3, 0.4) is 0 Å². The fourth-order valence-corrected chi connectivity index (χ4v) is 2.79. The van der Waals surface area contributed by atoms with Gasteiger partial charge in [0.15, 0.2) is 0 Å². The van der Waals surface area contributed by atoms with Crippen LogP contribution < -0.4 is 5.73 Å². The largest absolute Gasteiger partial charge is 0.322 e. The summed E-state index contributed by atoms with van der Waals surface area (Å²) in [5.41, 5.74) is 9.49. The second kappa shape index (κ2) is 7.20. The number of benzene rings is 2. The van der Waals surface area contributed by atoms with Crippen LogP contribution in [0, 0.1) is 23.0 Å². The number of hydrogen-bond donors (Lipinski definition) is 1. The van der Waals surface area contributed by atoms with Gasteiger partial charge < -0.3 is 5.73 Å². The maximum absolute atomic E-state index is 13.4. The van der Waals surface area contributed by atoms with E-state index in [1.807, 2.05) is 12.1 Å². The maximum atomic E-state index is 13.4. The highest BCUT2D eigenvalue weighted by molar-refractivity contribution is 5.68. The van der Waals surface area contributed by atoms with Crippen molar-refractivity contribution in [3.63, 3.8) is 0 Å². The molecule has 0 aliphatic heterocycles. The van der Waals surface area contributed by atoms with E-state index in [9.17, 15) is 8.78 Å². The van der Waals surface area contributed by atoms with Gasteiger partial charge in [-0.1, -0.05) is 18.2 Å². The zero-order valence-electron chi connectivity index (χ0n) is 13.3. The minimum absolute atomic E-state index is 0.247. The predicted octanol–water partition coefficient (Wildman–Crippen LogP) is 4.14. The van der Waals surface area contributed by atoms with Crippen molar-refractivity contribution in [2.45, 2.75) is 12.5 Å². The van der Waals surface area contributed by atoms with Crippen LogP contribution in [-0.2, 0) is 6.42 Å². The Balaban J connectivity index is 1.96. The first kappa shape index (κ1) is 16.7. The molecule has 3 nitrogen and oxygen atoms in total. The van der Waals surface area contributed by atoms with E-state index in [0.717, 1.165) is 17.2 Å². The standard InChI is InChI=1S/C20H15F2N3/c21-16-8-14(9-17(22)11-16)10-19(24)20-18(5-2-6-25-20)15-4-1-3-13(7-15)12-23/h1-9,11,19H,10,24H2. The molecule has 0 radical (unpaired) electrons. The van der Waals surface area contributed by atoms with E-state index in [1.165, 1.54) is 12.1 Å². The van der Waals surface area contributed by atoms with Gasteiger partial charge in [0.1, 0.15) is 11.6 Å². The van der Waals surface area contributed by atoms with Gasteiger partial charge in [-0.05, 0) is 47.9 Å². The summed E-state index contributed by atoms with van der Waals surface area (Å²) in [6, 6.07) is 15.7. The fraction of sp³-hybridized carbons (Fsp3) is 0.100. The average Bonchev–Trinajstić information content (AvgIpc) is 2.61. The number of hydrogen-bond acceptors (Lipinski definition) is 3. The number of aromatic nitrogens is 1. The Morgan fingerprint density at radius 1 is 1.04 bits per heavy atom. The summed E-state index contributed by atoms with van der Waals surface area (Å²) in [6.45, 7) is 0. The highest BCUT2D eigenvalue weighted by Crippen LogP contribution is 2.28. The molecule has 0 saturated carbocycles. The van der Waals surface area contributed by atoms with Crippen LogP contribution in [0.25, 0.3) is 11.1 Å². The topological polar surface area (TPSA) is 62.7 Å². The number of halogens is 2. The first-order chi connectivity index (χ1) is 12.1. The van der Waals surface area contributed by atoms with Crippen LogP contribution in [-0.4, -0.2) is 4.98 Å². The Morgan fingerprint density at radius 2 is 1.80 bits per heavy atom. The van der Waals surface area contributed by atoms with Crippen LogP contribution in [0.4, 0.5) is 8.78 Å². The molecule has 1 atom stereocenters. The summed E-state index contributed by atoms with van der Waals surface area (Å²) in [4.78, 5) is 4.36. The van der Waals surface area contributed by atoms with Gasteiger partial charge >= 0.3 is 0 Å². The Morgan fingerprint density at radius 3 is 2.52 bits per heavy atom. The zero-order chi connectivity index (χ0) is 17.8. The second-order valence-corrected chi connectivity index (χ2v) is 5.72. The molecule has 25 heavy (non-hydrogen) atoms. The minimum atomic E-state index is -0.634. The number of pyridine rings is 1. The van der Waals surface area contributed by atoms with Crippen molar-refractivity contribution in [3.05, 3.63) is 89.2 Å². The monoisotopic (exact) mass is 335 g/mol. The molecule has 1 unspecified atom stereocenters. The summed E-state index contributed by atoms with van der Waals surface area (Å²) in [5.74, 6) is -1.27. The van der Waals surface area contributed by atoms with E-state index < -0.39 is 17.7 Å². The summed E-state index contributed by atoms with van der Waals surface area (Å²) >= 11 is 0. The second-order valence-electron chi connectivity index (χ2n) is 5.72. The molecule has 0 amide bonds. The quantitative estimate of drug-likeness (QED) is 0.779. The van der Waals surface area contributed by atoms with E-state index in [1.54, 1.807) is 30.5 Å². The molecule has 1 aromatic heterocycles. The Hall–Kier alpha value is -3.10. The molecular weight excluding hydrogens is 320 g/mol. The highest BCUT2D eigenvalue weighted by Gasteiger charge is 2.15. The predicted molar refractivity (Wildman–Crippen MR) is 91.4 cm³/mol. The summed E-state index contributed by atoms with van der Waals surface area (Å²) < 4.78 is 26.8. The van der Waals surface area contributed by atoms with Gasteiger partial charge in [-0.25, -0.2) is 8.78 Å². The van der Waals surface area contributed by atoms with Crippen LogP contribution in [0.15, 0.2) is 60.8 Å². The molecule has 0 aliphatic rings. The minimum Gasteiger partial charge on any atom is -0.322 e. The van der Waals surface area contributed by atoms with Crippen molar-refractivity contribution < 1.29 is 8.78 Å². The molecular formula is C20H15F2N3. The van der Waals surface area contributed by atoms with Crippen LogP contribution >= 0.6 is 0 Å². The van der Waals surface area contributed by atoms with E-state index >= 15 is 0 Å². The first-order valence-corrected chi connectivity index (χ1v) is 7.73. The van der Waals surface area contributed by atoms with Crippen molar-refractivity contribution in [3.8, 4) is 17.2 Å². The average molecular weight is 335 g/mol. The molecule has 1 heterocycles. The number of nitrogens with zero attached hydrogens (tertiary/aromatic N) is 2. The molecule has 0 spiro atoms. The molecule has 5 heteroatoms. The number of nitrogens with two attached hydrogens (primary N) is 1. The SMILES string of the molecule is N#Cc1cccc(-c2cccnc2C(N)Cc2cc(F)cc(F)c2)c1. The van der Waals surface area contributed by atoms with Gasteiger partial charge in [0.05, 0.1) is 23.4 Å². The molecule has 0 aliphatic carbocycles.